The Labute approximate surface area is 219 Å². The van der Waals surface area contributed by atoms with Crippen molar-refractivity contribution in [1.29, 1.82) is 0 Å². The Morgan fingerprint density at radius 2 is 1.79 bits per heavy atom. The normalized spacial score (nSPS) is 17.9. The lowest BCUT2D eigenvalue weighted by Crippen LogP contribution is -2.55. The molecule has 1 heterocycles. The van der Waals surface area contributed by atoms with Crippen LogP contribution in [0.2, 0.25) is 0 Å². The molecule has 4 atom stereocenters. The number of aliphatic hydroxyl groups is 1. The molecule has 10 heteroatoms. The van der Waals surface area contributed by atoms with Gasteiger partial charge in [-0.1, -0.05) is 46.0 Å². The van der Waals surface area contributed by atoms with Gasteiger partial charge in [-0.05, 0) is 38.2 Å². The number of carbonyl (C=O) groups excluding carboxylic acids is 2. The van der Waals surface area contributed by atoms with E-state index in [0.717, 1.165) is 37.1 Å². The van der Waals surface area contributed by atoms with Crippen molar-refractivity contribution in [3.8, 4) is 0 Å². The minimum atomic E-state index is -1.27. The highest BCUT2D eigenvalue weighted by molar-refractivity contribution is 8.93. The molecule has 0 spiro atoms. The largest absolute Gasteiger partial charge is 0.390 e. The van der Waals surface area contributed by atoms with Crippen LogP contribution in [0.1, 0.15) is 63.8 Å². The van der Waals surface area contributed by atoms with Crippen LogP contribution in [0.4, 0.5) is 0 Å². The van der Waals surface area contributed by atoms with Crippen molar-refractivity contribution >= 4 is 45.7 Å². The standard InChI is InChI=1S/C23H41N5O3.2BrH/c1-14(2)12-26-23(31)20(25)22(30)18(11-17-8-6-5-7-9-17)21(29)19(24)13-28-16(4)10-15(3)27-28;;/h10,14,17-20,22,30H,5-9,11-13,24-25H2,1-4H3,(H,26,31);2*1H/t18-,19?,20?,22+;;/m1../s1. The summed E-state index contributed by atoms with van der Waals surface area (Å²) in [6, 6.07) is -0.0649. The Balaban J connectivity index is 0.00000512. The van der Waals surface area contributed by atoms with Gasteiger partial charge in [-0.2, -0.15) is 5.10 Å². The van der Waals surface area contributed by atoms with Crippen LogP contribution < -0.4 is 16.8 Å². The molecule has 1 aliphatic rings. The number of nitrogens with two attached hydrogens (primary N) is 2. The minimum Gasteiger partial charge on any atom is -0.390 e. The van der Waals surface area contributed by atoms with Crippen LogP contribution in [0.25, 0.3) is 0 Å². The molecule has 6 N–H and O–H groups in total. The fourth-order valence-corrected chi connectivity index (χ4v) is 4.44. The fraction of sp³-hybridized carbons (Fsp3) is 0.783. The van der Waals surface area contributed by atoms with Gasteiger partial charge in [-0.3, -0.25) is 14.3 Å². The highest BCUT2D eigenvalue weighted by Crippen LogP contribution is 2.31. The molecule has 1 amide bonds. The molecule has 33 heavy (non-hydrogen) atoms. The number of nitrogens with zero attached hydrogens (tertiary/aromatic N) is 2. The number of rotatable bonds is 11. The van der Waals surface area contributed by atoms with Gasteiger partial charge < -0.3 is 21.9 Å². The van der Waals surface area contributed by atoms with E-state index >= 15 is 0 Å². The number of carbonyl (C=O) groups is 2. The van der Waals surface area contributed by atoms with Crippen LogP contribution in [0.5, 0.6) is 0 Å². The highest BCUT2D eigenvalue weighted by atomic mass is 79.9. The van der Waals surface area contributed by atoms with Crippen LogP contribution in [0.15, 0.2) is 6.07 Å². The van der Waals surface area contributed by atoms with E-state index in [0.29, 0.717) is 18.9 Å². The summed E-state index contributed by atoms with van der Waals surface area (Å²) in [6.07, 6.45) is 4.74. The van der Waals surface area contributed by atoms with Crippen LogP contribution in [0.3, 0.4) is 0 Å². The molecular formula is C23H43Br2N5O3. The number of aryl methyl sites for hydroxylation is 2. The van der Waals surface area contributed by atoms with Gasteiger partial charge in [0.15, 0.2) is 5.78 Å². The summed E-state index contributed by atoms with van der Waals surface area (Å²) in [4.78, 5) is 25.8. The van der Waals surface area contributed by atoms with Gasteiger partial charge in [0, 0.05) is 18.2 Å². The molecule has 0 aromatic carbocycles. The first kappa shape index (κ1) is 32.2. The van der Waals surface area contributed by atoms with Crippen molar-refractivity contribution in [3.63, 3.8) is 0 Å². The van der Waals surface area contributed by atoms with Crippen molar-refractivity contribution in [1.82, 2.24) is 15.1 Å². The van der Waals surface area contributed by atoms with E-state index in [2.05, 4.69) is 10.4 Å². The topological polar surface area (TPSA) is 136 Å². The smallest absolute Gasteiger partial charge is 0.239 e. The number of halogens is 2. The Kier molecular flexibility index (Phi) is 14.9. The van der Waals surface area contributed by atoms with Gasteiger partial charge in [0.25, 0.3) is 0 Å². The zero-order valence-electron chi connectivity index (χ0n) is 20.3. The molecule has 2 unspecified atom stereocenters. The van der Waals surface area contributed by atoms with E-state index < -0.39 is 30.0 Å². The first-order chi connectivity index (χ1) is 14.6. The van der Waals surface area contributed by atoms with Gasteiger partial charge >= 0.3 is 0 Å². The number of nitrogens with one attached hydrogen (secondary N) is 1. The van der Waals surface area contributed by atoms with Crippen molar-refractivity contribution in [3.05, 3.63) is 17.5 Å². The van der Waals surface area contributed by atoms with Gasteiger partial charge in [-0.25, -0.2) is 0 Å². The fourth-order valence-electron chi connectivity index (χ4n) is 4.44. The third-order valence-electron chi connectivity index (χ3n) is 6.28. The lowest BCUT2D eigenvalue weighted by molar-refractivity contribution is -0.133. The number of aromatic nitrogens is 2. The monoisotopic (exact) mass is 595 g/mol. The van der Waals surface area contributed by atoms with E-state index in [1.54, 1.807) is 4.68 Å². The second kappa shape index (κ2) is 15.2. The zero-order chi connectivity index (χ0) is 23.1. The van der Waals surface area contributed by atoms with Crippen LogP contribution >= 0.6 is 34.0 Å². The molecular weight excluding hydrogens is 554 g/mol. The highest BCUT2D eigenvalue weighted by Gasteiger charge is 2.38. The third kappa shape index (κ3) is 9.76. The minimum absolute atomic E-state index is 0. The summed E-state index contributed by atoms with van der Waals surface area (Å²) in [7, 11) is 0. The van der Waals surface area contributed by atoms with Crippen LogP contribution in [0, 0.1) is 31.6 Å². The number of hydrogen-bond acceptors (Lipinski definition) is 6. The van der Waals surface area contributed by atoms with Gasteiger partial charge in [0.05, 0.1) is 24.4 Å². The second-order valence-electron chi connectivity index (χ2n) is 9.62. The first-order valence-electron chi connectivity index (χ1n) is 11.6. The van der Waals surface area contributed by atoms with Crippen molar-refractivity contribution in [2.45, 2.75) is 91.0 Å². The number of aliphatic hydroxyl groups excluding tert-OH is 1. The van der Waals surface area contributed by atoms with E-state index in [1.807, 2.05) is 33.8 Å². The molecule has 1 aliphatic carbocycles. The number of hydrogen-bond donors (Lipinski definition) is 4. The molecule has 0 radical (unpaired) electrons. The maximum absolute atomic E-state index is 13.4. The molecule has 0 saturated heterocycles. The molecule has 1 aromatic rings. The predicted molar refractivity (Wildman–Crippen MR) is 142 cm³/mol. The first-order valence-corrected chi connectivity index (χ1v) is 11.6. The molecule has 1 saturated carbocycles. The summed E-state index contributed by atoms with van der Waals surface area (Å²) >= 11 is 0. The Morgan fingerprint density at radius 1 is 1.18 bits per heavy atom. The SMILES string of the molecule is Br.Br.Cc1cc(C)n(CC(N)C(=O)[C@@H](CC2CCCCC2)[C@H](O)C(N)C(=O)NCC(C)C)n1. The van der Waals surface area contributed by atoms with Crippen molar-refractivity contribution in [2.24, 2.45) is 29.2 Å². The molecule has 0 bridgehead atoms. The Hall–Kier alpha value is -0.810. The average molecular weight is 597 g/mol. The van der Waals surface area contributed by atoms with E-state index in [4.69, 9.17) is 11.5 Å². The number of ketones is 1. The summed E-state index contributed by atoms with van der Waals surface area (Å²) in [5.41, 5.74) is 14.2. The van der Waals surface area contributed by atoms with Gasteiger partial charge in [-0.15, -0.1) is 34.0 Å². The zero-order valence-corrected chi connectivity index (χ0v) is 23.8. The number of amides is 1. The molecule has 1 aromatic heterocycles. The molecule has 1 fully saturated rings. The van der Waals surface area contributed by atoms with E-state index in [9.17, 15) is 14.7 Å². The van der Waals surface area contributed by atoms with E-state index in [-0.39, 0.29) is 52.2 Å². The quantitative estimate of drug-likeness (QED) is 0.310. The maximum Gasteiger partial charge on any atom is 0.239 e. The second-order valence-corrected chi connectivity index (χ2v) is 9.62. The lowest BCUT2D eigenvalue weighted by atomic mass is 9.77. The third-order valence-corrected chi connectivity index (χ3v) is 6.28. The summed E-state index contributed by atoms with van der Waals surface area (Å²) in [6.45, 7) is 8.48. The molecule has 0 aliphatic heterocycles. The van der Waals surface area contributed by atoms with Crippen LogP contribution in [-0.4, -0.2) is 51.3 Å². The Bertz CT molecular complexity index is 738. The maximum atomic E-state index is 13.4. The van der Waals surface area contributed by atoms with Crippen molar-refractivity contribution in [2.75, 3.05) is 6.54 Å². The predicted octanol–water partition coefficient (Wildman–Crippen LogP) is 2.60. The number of Topliss-reactive ketones (excluding diaryl/α,β-unsaturated/α-hetero) is 1. The summed E-state index contributed by atoms with van der Waals surface area (Å²) in [5.74, 6) is -0.853. The van der Waals surface area contributed by atoms with Crippen LogP contribution in [-0.2, 0) is 16.1 Å². The molecule has 8 nitrogen and oxygen atoms in total. The van der Waals surface area contributed by atoms with Crippen molar-refractivity contribution < 1.29 is 14.7 Å². The van der Waals surface area contributed by atoms with Gasteiger partial charge in [0.1, 0.15) is 6.04 Å². The summed E-state index contributed by atoms with van der Waals surface area (Å²) < 4.78 is 1.72. The Morgan fingerprint density at radius 3 is 2.30 bits per heavy atom. The molecule has 192 valence electrons. The van der Waals surface area contributed by atoms with E-state index in [1.165, 1.54) is 6.42 Å². The average Bonchev–Trinajstić information content (AvgIpc) is 3.05. The summed E-state index contributed by atoms with van der Waals surface area (Å²) in [5, 5.41) is 18.2. The molecule has 2 rings (SSSR count). The van der Waals surface area contributed by atoms with Gasteiger partial charge in [0.2, 0.25) is 5.91 Å². The lowest BCUT2D eigenvalue weighted by Gasteiger charge is -2.32.